The molecule has 0 heterocycles. The van der Waals surface area contributed by atoms with Crippen LogP contribution in [0.5, 0.6) is 5.75 Å². The van der Waals surface area contributed by atoms with Gasteiger partial charge in [-0.15, -0.1) is 0 Å². The Kier molecular flexibility index (Phi) is 3.80. The average molecular weight is 260 g/mol. The fourth-order valence-electron chi connectivity index (χ4n) is 1.71. The molecule has 2 rings (SSSR count). The minimum absolute atomic E-state index is 0.198. The number of hydrogen-bond acceptors (Lipinski definition) is 2. The molecule has 0 radical (unpaired) electrons. The van der Waals surface area contributed by atoms with E-state index < -0.39 is 5.97 Å². The van der Waals surface area contributed by atoms with Crippen LogP contribution in [0, 0.1) is 12.7 Å². The van der Waals surface area contributed by atoms with Crippen molar-refractivity contribution < 1.29 is 19.0 Å². The maximum atomic E-state index is 13.0. The summed E-state index contributed by atoms with van der Waals surface area (Å²) >= 11 is 0. The summed E-state index contributed by atoms with van der Waals surface area (Å²) in [6.07, 6.45) is 0. The van der Waals surface area contributed by atoms with Crippen molar-refractivity contribution in [1.82, 2.24) is 0 Å². The van der Waals surface area contributed by atoms with Crippen molar-refractivity contribution in [3.05, 3.63) is 65.0 Å². The van der Waals surface area contributed by atoms with Gasteiger partial charge in [0, 0.05) is 6.07 Å². The molecule has 3 nitrogen and oxygen atoms in total. The van der Waals surface area contributed by atoms with Gasteiger partial charge in [-0.05, 0) is 36.2 Å². The second-order valence-electron chi connectivity index (χ2n) is 4.20. The Morgan fingerprint density at radius 2 is 2.05 bits per heavy atom. The molecular weight excluding hydrogens is 247 g/mol. The van der Waals surface area contributed by atoms with E-state index in [-0.39, 0.29) is 18.0 Å². The molecule has 2 aromatic carbocycles. The van der Waals surface area contributed by atoms with Gasteiger partial charge in [0.1, 0.15) is 18.2 Å². The van der Waals surface area contributed by atoms with Crippen molar-refractivity contribution in [3.63, 3.8) is 0 Å². The normalized spacial score (nSPS) is 10.2. The van der Waals surface area contributed by atoms with Crippen LogP contribution in [0.2, 0.25) is 0 Å². The van der Waals surface area contributed by atoms with Gasteiger partial charge in [0.15, 0.2) is 0 Å². The summed E-state index contributed by atoms with van der Waals surface area (Å²) in [5.74, 6) is -0.921. The maximum Gasteiger partial charge on any atom is 0.335 e. The number of carboxylic acids is 1. The molecule has 4 heteroatoms. The number of rotatable bonds is 4. The van der Waals surface area contributed by atoms with Gasteiger partial charge in [0.05, 0.1) is 5.56 Å². The molecule has 0 aliphatic heterocycles. The van der Waals surface area contributed by atoms with Gasteiger partial charge in [0.25, 0.3) is 0 Å². The molecule has 1 N–H and O–H groups in total. The minimum Gasteiger partial charge on any atom is -0.489 e. The Balaban J connectivity index is 2.12. The Morgan fingerprint density at radius 1 is 1.26 bits per heavy atom. The Hall–Kier alpha value is -2.36. The summed E-state index contributed by atoms with van der Waals surface area (Å²) in [7, 11) is 0. The van der Waals surface area contributed by atoms with Gasteiger partial charge < -0.3 is 9.84 Å². The topological polar surface area (TPSA) is 46.5 Å². The van der Waals surface area contributed by atoms with E-state index >= 15 is 0 Å². The van der Waals surface area contributed by atoms with E-state index in [9.17, 15) is 9.18 Å². The minimum atomic E-state index is -0.967. The molecule has 2 aromatic rings. The highest BCUT2D eigenvalue weighted by molar-refractivity contribution is 5.89. The van der Waals surface area contributed by atoms with Gasteiger partial charge in [-0.3, -0.25) is 0 Å². The van der Waals surface area contributed by atoms with Crippen LogP contribution >= 0.6 is 0 Å². The summed E-state index contributed by atoms with van der Waals surface area (Å²) < 4.78 is 18.4. The van der Waals surface area contributed by atoms with Crippen LogP contribution in [0.1, 0.15) is 21.5 Å². The fourth-order valence-corrected chi connectivity index (χ4v) is 1.71. The fraction of sp³-hybridized carbons (Fsp3) is 0.133. The molecule has 0 aliphatic carbocycles. The van der Waals surface area contributed by atoms with E-state index in [1.165, 1.54) is 12.1 Å². The van der Waals surface area contributed by atoms with Gasteiger partial charge >= 0.3 is 5.97 Å². The first-order valence-corrected chi connectivity index (χ1v) is 5.77. The van der Waals surface area contributed by atoms with E-state index in [0.29, 0.717) is 11.3 Å². The van der Waals surface area contributed by atoms with Crippen LogP contribution < -0.4 is 4.74 Å². The summed E-state index contributed by atoms with van der Waals surface area (Å²) in [6, 6.07) is 10.9. The maximum absolute atomic E-state index is 13.0. The van der Waals surface area contributed by atoms with Crippen molar-refractivity contribution in [1.29, 1.82) is 0 Å². The number of ether oxygens (including phenoxy) is 1. The van der Waals surface area contributed by atoms with Crippen LogP contribution in [0.3, 0.4) is 0 Å². The predicted octanol–water partition coefficient (Wildman–Crippen LogP) is 3.41. The van der Waals surface area contributed by atoms with Crippen LogP contribution in [-0.2, 0) is 6.61 Å². The Bertz CT molecular complexity index is 608. The number of hydrogen-bond donors (Lipinski definition) is 1. The first kappa shape index (κ1) is 13.1. The number of benzene rings is 2. The summed E-state index contributed by atoms with van der Waals surface area (Å²) in [5, 5.41) is 9.02. The largest absolute Gasteiger partial charge is 0.489 e. The average Bonchev–Trinajstić information content (AvgIpc) is 2.37. The molecule has 0 aliphatic rings. The molecule has 0 amide bonds. The predicted molar refractivity (Wildman–Crippen MR) is 68.9 cm³/mol. The number of halogens is 1. The molecule has 0 bridgehead atoms. The molecule has 0 saturated heterocycles. The second-order valence-corrected chi connectivity index (χ2v) is 4.20. The van der Waals surface area contributed by atoms with Gasteiger partial charge in [-0.2, -0.15) is 0 Å². The van der Waals surface area contributed by atoms with Crippen molar-refractivity contribution in [2.45, 2.75) is 13.5 Å². The van der Waals surface area contributed by atoms with Gasteiger partial charge in [0.2, 0.25) is 0 Å². The lowest BCUT2D eigenvalue weighted by molar-refractivity contribution is 0.0696. The lowest BCUT2D eigenvalue weighted by Gasteiger charge is -2.08. The van der Waals surface area contributed by atoms with Gasteiger partial charge in [-0.1, -0.05) is 18.2 Å². The SMILES string of the molecule is Cc1ccc(COc2cccc(F)c2)cc1C(=O)O. The second kappa shape index (κ2) is 5.52. The quantitative estimate of drug-likeness (QED) is 0.916. The van der Waals surface area contributed by atoms with E-state index in [0.717, 1.165) is 5.56 Å². The molecule has 0 atom stereocenters. The van der Waals surface area contributed by atoms with Crippen LogP contribution in [0.25, 0.3) is 0 Å². The van der Waals surface area contributed by atoms with E-state index in [1.54, 1.807) is 37.3 Å². The van der Waals surface area contributed by atoms with E-state index in [2.05, 4.69) is 0 Å². The lowest BCUT2D eigenvalue weighted by Crippen LogP contribution is -2.03. The number of aromatic carboxylic acids is 1. The number of carbonyl (C=O) groups is 1. The zero-order valence-electron chi connectivity index (χ0n) is 10.4. The molecule has 0 spiro atoms. The highest BCUT2D eigenvalue weighted by Gasteiger charge is 2.08. The Morgan fingerprint density at radius 3 is 2.74 bits per heavy atom. The highest BCUT2D eigenvalue weighted by atomic mass is 19.1. The smallest absolute Gasteiger partial charge is 0.335 e. The molecule has 98 valence electrons. The van der Waals surface area contributed by atoms with Crippen molar-refractivity contribution >= 4 is 5.97 Å². The lowest BCUT2D eigenvalue weighted by atomic mass is 10.1. The summed E-state index contributed by atoms with van der Waals surface area (Å²) in [6.45, 7) is 1.94. The summed E-state index contributed by atoms with van der Waals surface area (Å²) in [5.41, 5.74) is 1.68. The zero-order chi connectivity index (χ0) is 13.8. The Labute approximate surface area is 110 Å². The first-order chi connectivity index (χ1) is 9.06. The standard InChI is InChI=1S/C15H13FO3/c1-10-5-6-11(7-14(10)15(17)18)9-19-13-4-2-3-12(16)8-13/h2-8H,9H2,1H3,(H,17,18). The van der Waals surface area contributed by atoms with Crippen molar-refractivity contribution in [2.24, 2.45) is 0 Å². The van der Waals surface area contributed by atoms with Crippen LogP contribution in [0.15, 0.2) is 42.5 Å². The van der Waals surface area contributed by atoms with Crippen LogP contribution in [0.4, 0.5) is 4.39 Å². The van der Waals surface area contributed by atoms with E-state index in [1.807, 2.05) is 0 Å². The molecular formula is C15H13FO3. The molecule has 0 aromatic heterocycles. The van der Waals surface area contributed by atoms with E-state index in [4.69, 9.17) is 9.84 Å². The monoisotopic (exact) mass is 260 g/mol. The third-order valence-corrected chi connectivity index (χ3v) is 2.73. The van der Waals surface area contributed by atoms with Gasteiger partial charge in [-0.25, -0.2) is 9.18 Å². The summed E-state index contributed by atoms with van der Waals surface area (Å²) in [4.78, 5) is 11.0. The third-order valence-electron chi connectivity index (χ3n) is 2.73. The third kappa shape index (κ3) is 3.31. The van der Waals surface area contributed by atoms with Crippen molar-refractivity contribution in [2.75, 3.05) is 0 Å². The number of aryl methyl sites for hydroxylation is 1. The molecule has 19 heavy (non-hydrogen) atoms. The first-order valence-electron chi connectivity index (χ1n) is 5.77. The highest BCUT2D eigenvalue weighted by Crippen LogP contribution is 2.16. The number of carboxylic acid groups (broad SMARTS) is 1. The van der Waals surface area contributed by atoms with Crippen molar-refractivity contribution in [3.8, 4) is 5.75 Å². The molecule has 0 unspecified atom stereocenters. The molecule has 0 saturated carbocycles. The molecule has 0 fully saturated rings. The zero-order valence-corrected chi connectivity index (χ0v) is 10.4. The van der Waals surface area contributed by atoms with Crippen LogP contribution in [-0.4, -0.2) is 11.1 Å².